The van der Waals surface area contributed by atoms with Gasteiger partial charge in [-0.15, -0.1) is 23.2 Å². The molecule has 562 valence electrons. The standard InChI is InChI=1S/C21H14Cl2N6O2S.C15H10Cl3N3O2S.C14H7Cl3N2.C14H9Cl2N3.C6H5N3.CH2Cl2O2S.H3N/c22-14-6-7-15(17(23)9-14)20-27-18-4-2-1-3-16(18)21(28-20)29-32(30,31)12-26-19-8-5-13(10-24)11-25-19;16-8-24(22,23)21-15-11-3-1-2-4-13(11)19-14(20-15)10-6-5-9(17)7-12(10)18;2*15-8-5-6-9(11(16)7-8)14-18-12-4-2-1-3-10(12)13(17)19-14;7-3-5-1-2-6(8)9-4-5;2-1-6(3,4)5;/h1-9,11H,12H2,(H,25,26)(H,27,28,29);1-7H,8H2,(H,19,20,21);1-7H;1-7H,(H2,17,18,19);1-2,4H,(H2,8,9);1H2;1H3. The number of nitriles is 2. The third kappa shape index (κ3) is 24.3. The van der Waals surface area contributed by atoms with Crippen LogP contribution in [0.1, 0.15) is 11.1 Å². The highest BCUT2D eigenvalue weighted by Crippen LogP contribution is 2.36. The minimum atomic E-state index is -3.87. The van der Waals surface area contributed by atoms with E-state index in [0.717, 1.165) is 21.8 Å². The maximum Gasteiger partial charge on any atom is 0.252 e. The quantitative estimate of drug-likeness (QED) is 0.0355. The van der Waals surface area contributed by atoms with Gasteiger partial charge in [-0.05, 0) is 146 Å². The maximum atomic E-state index is 12.7. The van der Waals surface area contributed by atoms with Crippen molar-refractivity contribution in [1.29, 1.82) is 10.5 Å². The molecule has 24 nitrogen and oxygen atoms in total. The summed E-state index contributed by atoms with van der Waals surface area (Å²) in [6.07, 6.45) is 2.79. The maximum absolute atomic E-state index is 12.7. The number of pyridine rings is 2. The molecule has 0 fully saturated rings. The van der Waals surface area contributed by atoms with E-state index >= 15 is 0 Å². The molecule has 110 heavy (non-hydrogen) atoms. The van der Waals surface area contributed by atoms with Crippen LogP contribution in [-0.2, 0) is 29.1 Å². The Balaban J connectivity index is 0.000000175. The van der Waals surface area contributed by atoms with Crippen molar-refractivity contribution < 1.29 is 25.3 Å². The lowest BCUT2D eigenvalue weighted by atomic mass is 10.2. The average molecular weight is 1770 g/mol. The Bertz CT molecular complexity index is 6020. The third-order valence-corrected chi connectivity index (χ3v) is 21.1. The van der Waals surface area contributed by atoms with E-state index in [4.69, 9.17) is 150 Å². The molecule has 14 rings (SSSR count). The predicted molar refractivity (Wildman–Crippen MR) is 447 cm³/mol. The van der Waals surface area contributed by atoms with Crippen LogP contribution in [0, 0.1) is 22.7 Å². The minimum Gasteiger partial charge on any atom is -0.384 e. The Hall–Kier alpha value is -9.31. The number of hydrogen-bond donors (Lipinski definition) is 6. The number of benzene rings is 8. The van der Waals surface area contributed by atoms with Crippen molar-refractivity contribution in [3.63, 3.8) is 0 Å². The van der Waals surface area contributed by atoms with E-state index in [1.54, 1.807) is 133 Å². The number of fused-ring (bicyclic) bond motifs is 4. The number of rotatable bonds is 13. The molecule has 14 aromatic rings. The molecule has 0 bridgehead atoms. The molecule has 0 aliphatic heterocycles. The van der Waals surface area contributed by atoms with Gasteiger partial charge < -0.3 is 22.9 Å². The molecule has 0 aliphatic carbocycles. The van der Waals surface area contributed by atoms with Gasteiger partial charge in [-0.1, -0.05) is 153 Å². The number of hydrogen-bond acceptors (Lipinski definition) is 22. The van der Waals surface area contributed by atoms with Crippen LogP contribution in [0.3, 0.4) is 0 Å². The molecule has 0 saturated heterocycles. The normalized spacial score (nSPS) is 10.9. The second-order valence-electron chi connectivity index (χ2n) is 21.8. The molecule has 0 atom stereocenters. The number of alkyl halides is 2. The first-order chi connectivity index (χ1) is 51.9. The van der Waals surface area contributed by atoms with E-state index in [-0.39, 0.29) is 29.4 Å². The largest absolute Gasteiger partial charge is 0.384 e. The van der Waals surface area contributed by atoms with Crippen molar-refractivity contribution in [1.82, 2.24) is 56.0 Å². The van der Waals surface area contributed by atoms with E-state index < -0.39 is 45.4 Å². The Kier molecular flexibility index (Phi) is 31.0. The van der Waals surface area contributed by atoms with Gasteiger partial charge in [0.15, 0.2) is 34.9 Å². The third-order valence-electron chi connectivity index (χ3n) is 14.1. The smallest absolute Gasteiger partial charge is 0.252 e. The fourth-order valence-corrected chi connectivity index (χ4v) is 12.9. The molecule has 6 heterocycles. The topological polar surface area (TPSA) is 402 Å². The van der Waals surface area contributed by atoms with E-state index in [1.165, 1.54) is 24.5 Å². The highest BCUT2D eigenvalue weighted by Gasteiger charge is 2.21. The number of sulfonamides is 2. The van der Waals surface area contributed by atoms with Crippen LogP contribution in [0.5, 0.6) is 0 Å². The van der Waals surface area contributed by atoms with Crippen molar-refractivity contribution in [2.24, 2.45) is 0 Å². The summed E-state index contributed by atoms with van der Waals surface area (Å²) in [5.74, 6) is 2.52. The van der Waals surface area contributed by atoms with Crippen LogP contribution >= 0.6 is 138 Å². The number of nitrogens with zero attached hydrogens (tertiary/aromatic N) is 12. The number of para-hydroxylation sites is 4. The second-order valence-corrected chi connectivity index (χ2v) is 32.9. The second kappa shape index (κ2) is 39.5. The van der Waals surface area contributed by atoms with Crippen molar-refractivity contribution in [2.45, 2.75) is 0 Å². The van der Waals surface area contributed by atoms with Gasteiger partial charge in [0, 0.05) is 87.0 Å². The molecule has 6 aromatic heterocycles. The Labute approximate surface area is 688 Å². The summed E-state index contributed by atoms with van der Waals surface area (Å²) in [7, 11) is -6.44. The van der Waals surface area contributed by atoms with Crippen molar-refractivity contribution in [3.8, 4) is 57.7 Å². The van der Waals surface area contributed by atoms with Gasteiger partial charge in [0.1, 0.15) is 51.0 Å². The zero-order valence-corrected chi connectivity index (χ0v) is 67.2. The van der Waals surface area contributed by atoms with Crippen LogP contribution in [0.15, 0.2) is 207 Å². The Morgan fingerprint density at radius 2 is 0.736 bits per heavy atom. The molecule has 8 aromatic carbocycles. The van der Waals surface area contributed by atoms with Gasteiger partial charge in [0.25, 0.3) is 10.0 Å². The summed E-state index contributed by atoms with van der Waals surface area (Å²) in [6, 6.07) is 59.5. The molecular weight excluding hydrogens is 1720 g/mol. The fourth-order valence-electron chi connectivity index (χ4n) is 9.18. The molecule has 0 aliphatic rings. The van der Waals surface area contributed by atoms with Crippen LogP contribution in [0.2, 0.25) is 45.3 Å². The van der Waals surface area contributed by atoms with Crippen molar-refractivity contribution in [3.05, 3.63) is 263 Å². The zero-order valence-electron chi connectivity index (χ0n) is 55.7. The van der Waals surface area contributed by atoms with E-state index in [2.05, 4.69) is 75.3 Å². The average Bonchev–Trinajstić information content (AvgIpc) is 0.801. The first kappa shape index (κ1) is 86.3. The molecule has 0 radical (unpaired) electrons. The van der Waals surface area contributed by atoms with Crippen LogP contribution in [0.25, 0.3) is 89.2 Å². The summed E-state index contributed by atoms with van der Waals surface area (Å²) in [5.41, 5.74) is 17.3. The first-order valence-corrected chi connectivity index (χ1v) is 40.7. The summed E-state index contributed by atoms with van der Waals surface area (Å²) in [6.45, 7) is 0. The van der Waals surface area contributed by atoms with Gasteiger partial charge >= 0.3 is 0 Å². The molecule has 0 amide bonds. The van der Waals surface area contributed by atoms with Gasteiger partial charge in [-0.3, -0.25) is 9.44 Å². The number of nitrogens with two attached hydrogens (primary N) is 2. The highest BCUT2D eigenvalue weighted by molar-refractivity contribution is 8.14. The van der Waals surface area contributed by atoms with E-state index in [9.17, 15) is 25.3 Å². The van der Waals surface area contributed by atoms with Crippen LogP contribution < -0.4 is 32.4 Å². The monoisotopic (exact) mass is 1770 g/mol. The van der Waals surface area contributed by atoms with Gasteiger partial charge in [0.05, 0.1) is 53.3 Å². The number of halogens is 12. The van der Waals surface area contributed by atoms with Crippen LogP contribution in [-0.4, -0.2) is 91.4 Å². The molecule has 0 unspecified atom stereocenters. The van der Waals surface area contributed by atoms with Crippen molar-refractivity contribution >= 4 is 240 Å². The first-order valence-electron chi connectivity index (χ1n) is 30.5. The van der Waals surface area contributed by atoms with Crippen LogP contribution in [0.4, 0.5) is 29.1 Å². The molecule has 10 N–H and O–H groups in total. The van der Waals surface area contributed by atoms with E-state index in [1.807, 2.05) is 60.7 Å². The van der Waals surface area contributed by atoms with Crippen molar-refractivity contribution in [2.75, 3.05) is 42.5 Å². The molecular formula is C71H50Cl12N18O6S3. The zero-order chi connectivity index (χ0) is 78.7. The minimum absolute atomic E-state index is 0. The summed E-state index contributed by atoms with van der Waals surface area (Å²) < 4.78 is 73.3. The summed E-state index contributed by atoms with van der Waals surface area (Å²) in [4.78, 5) is 42.9. The van der Waals surface area contributed by atoms with Gasteiger partial charge in [0.2, 0.25) is 19.1 Å². The predicted octanol–water partition coefficient (Wildman–Crippen LogP) is 20.1. The van der Waals surface area contributed by atoms with Gasteiger partial charge in [-0.25, -0.2) is 75.1 Å². The number of nitrogens with one attached hydrogen (secondary N) is 3. The summed E-state index contributed by atoms with van der Waals surface area (Å²) >= 11 is 64.9. The lowest BCUT2D eigenvalue weighted by Gasteiger charge is -2.13. The molecule has 0 spiro atoms. The summed E-state index contributed by atoms with van der Waals surface area (Å²) in [5, 5.41) is 25.7. The Morgan fingerprint density at radius 1 is 0.391 bits per heavy atom. The molecule has 0 saturated carbocycles. The SMILES string of the molecule is Clc1ccc(-c2nc(Cl)c3ccccc3n2)c(Cl)c1.N.N#Cc1ccc(N)nc1.N#Cc1ccc(NCS(=O)(=O)Nc2nc(-c3ccc(Cl)cc3Cl)nc3ccccc23)nc1.Nc1nc(-c2ccc(Cl)cc2Cl)nc2ccccc12.O=S(=O)(CCl)Nc1nc(-c2ccc(Cl)cc2Cl)nc2ccccc12.O=S(=O)(Cl)CCl. The lowest BCUT2D eigenvalue weighted by molar-refractivity contribution is 0.601. The number of nitrogen functional groups attached to an aromatic ring is 2. The fraction of sp³-hybridized carbons (Fsp3) is 0.0423. The number of aromatic nitrogens is 10. The molecule has 39 heteroatoms. The number of anilines is 5. The lowest BCUT2D eigenvalue weighted by Crippen LogP contribution is -2.23. The van der Waals surface area contributed by atoms with E-state index in [0.29, 0.717) is 130 Å². The Morgan fingerprint density at radius 3 is 1.10 bits per heavy atom. The highest BCUT2D eigenvalue weighted by atomic mass is 35.7. The van der Waals surface area contributed by atoms with Gasteiger partial charge in [-0.2, -0.15) is 10.5 Å².